The van der Waals surface area contributed by atoms with E-state index < -0.39 is 6.10 Å². The van der Waals surface area contributed by atoms with Crippen molar-refractivity contribution in [1.82, 2.24) is 5.32 Å². The first-order valence-corrected chi connectivity index (χ1v) is 7.35. The standard InChI is InChI=1S/C14H29NO4/c1-11(2)19-7-6-18-10-13(17)8-15-14-5-3-4-12(14)9-16/h11-17H,3-10H2,1-2H3. The smallest absolute Gasteiger partial charge is 0.0897 e. The quantitative estimate of drug-likeness (QED) is 0.508. The molecule has 0 radical (unpaired) electrons. The minimum atomic E-state index is -0.501. The van der Waals surface area contributed by atoms with Crippen LogP contribution in [0.1, 0.15) is 33.1 Å². The molecule has 0 aliphatic heterocycles. The molecule has 1 aliphatic carbocycles. The van der Waals surface area contributed by atoms with Gasteiger partial charge in [0.05, 0.1) is 32.0 Å². The van der Waals surface area contributed by atoms with Crippen LogP contribution in [0, 0.1) is 5.92 Å². The zero-order chi connectivity index (χ0) is 14.1. The fourth-order valence-corrected chi connectivity index (χ4v) is 2.43. The second kappa shape index (κ2) is 9.66. The lowest BCUT2D eigenvalue weighted by Gasteiger charge is -2.21. The Morgan fingerprint density at radius 1 is 1.26 bits per heavy atom. The highest BCUT2D eigenvalue weighted by molar-refractivity contribution is 4.83. The summed E-state index contributed by atoms with van der Waals surface area (Å²) < 4.78 is 10.7. The van der Waals surface area contributed by atoms with E-state index in [9.17, 15) is 10.2 Å². The first-order valence-electron chi connectivity index (χ1n) is 7.35. The second-order valence-corrected chi connectivity index (χ2v) is 5.54. The van der Waals surface area contributed by atoms with E-state index >= 15 is 0 Å². The fourth-order valence-electron chi connectivity index (χ4n) is 2.43. The molecule has 0 amide bonds. The lowest BCUT2D eigenvalue weighted by atomic mass is 10.1. The van der Waals surface area contributed by atoms with Crippen LogP contribution in [0.25, 0.3) is 0 Å². The van der Waals surface area contributed by atoms with Crippen LogP contribution in [0.5, 0.6) is 0 Å². The van der Waals surface area contributed by atoms with Crippen LogP contribution in [0.3, 0.4) is 0 Å². The van der Waals surface area contributed by atoms with Crippen LogP contribution in [0.15, 0.2) is 0 Å². The molecule has 1 fully saturated rings. The molecule has 0 aromatic carbocycles. The van der Waals surface area contributed by atoms with Crippen LogP contribution in [-0.2, 0) is 9.47 Å². The number of aliphatic hydroxyl groups excluding tert-OH is 2. The van der Waals surface area contributed by atoms with Gasteiger partial charge in [-0.1, -0.05) is 6.42 Å². The van der Waals surface area contributed by atoms with E-state index in [4.69, 9.17) is 9.47 Å². The maximum atomic E-state index is 9.79. The molecular formula is C14H29NO4. The monoisotopic (exact) mass is 275 g/mol. The Morgan fingerprint density at radius 3 is 2.74 bits per heavy atom. The molecule has 3 N–H and O–H groups in total. The zero-order valence-electron chi connectivity index (χ0n) is 12.2. The molecule has 1 saturated carbocycles. The predicted molar refractivity (Wildman–Crippen MR) is 74.1 cm³/mol. The van der Waals surface area contributed by atoms with Crippen molar-refractivity contribution in [3.63, 3.8) is 0 Å². The number of hydrogen-bond donors (Lipinski definition) is 3. The van der Waals surface area contributed by atoms with E-state index in [-0.39, 0.29) is 12.7 Å². The lowest BCUT2D eigenvalue weighted by molar-refractivity contribution is -0.0109. The van der Waals surface area contributed by atoms with Crippen LogP contribution in [-0.4, -0.2) is 61.4 Å². The molecule has 3 atom stereocenters. The van der Waals surface area contributed by atoms with E-state index in [2.05, 4.69) is 5.32 Å². The van der Waals surface area contributed by atoms with E-state index in [1.165, 1.54) is 0 Å². The van der Waals surface area contributed by atoms with Gasteiger partial charge in [0.25, 0.3) is 0 Å². The van der Waals surface area contributed by atoms with E-state index in [0.29, 0.717) is 38.3 Å². The predicted octanol–water partition coefficient (Wildman–Crippen LogP) is 0.540. The van der Waals surface area contributed by atoms with Crippen LogP contribution in [0.2, 0.25) is 0 Å². The van der Waals surface area contributed by atoms with Crippen LogP contribution in [0.4, 0.5) is 0 Å². The summed E-state index contributed by atoms with van der Waals surface area (Å²) in [6.07, 6.45) is 3.03. The number of ether oxygens (including phenoxy) is 2. The molecule has 1 aliphatic rings. The molecule has 0 aromatic rings. The van der Waals surface area contributed by atoms with Crippen LogP contribution >= 0.6 is 0 Å². The second-order valence-electron chi connectivity index (χ2n) is 5.54. The molecule has 0 heterocycles. The van der Waals surface area contributed by atoms with E-state index in [1.54, 1.807) is 0 Å². The molecule has 3 unspecified atom stereocenters. The summed E-state index contributed by atoms with van der Waals surface area (Å²) in [6, 6.07) is 0.337. The van der Waals surface area contributed by atoms with Gasteiger partial charge >= 0.3 is 0 Å². The minimum absolute atomic E-state index is 0.216. The van der Waals surface area contributed by atoms with Gasteiger partial charge in [-0.25, -0.2) is 0 Å². The first-order chi connectivity index (χ1) is 9.13. The van der Waals surface area contributed by atoms with Crippen molar-refractivity contribution in [3.05, 3.63) is 0 Å². The summed E-state index contributed by atoms with van der Waals surface area (Å²) in [6.45, 7) is 6.12. The van der Waals surface area contributed by atoms with Crippen molar-refractivity contribution >= 4 is 0 Å². The minimum Gasteiger partial charge on any atom is -0.396 e. The van der Waals surface area contributed by atoms with Crippen molar-refractivity contribution in [3.8, 4) is 0 Å². The van der Waals surface area contributed by atoms with Gasteiger partial charge in [0.15, 0.2) is 0 Å². The maximum absolute atomic E-state index is 9.79. The Labute approximate surface area is 116 Å². The molecular weight excluding hydrogens is 246 g/mol. The number of nitrogens with one attached hydrogen (secondary N) is 1. The highest BCUT2D eigenvalue weighted by atomic mass is 16.5. The van der Waals surface area contributed by atoms with Gasteiger partial charge in [-0.05, 0) is 32.6 Å². The van der Waals surface area contributed by atoms with Gasteiger partial charge < -0.3 is 25.0 Å². The molecule has 0 aromatic heterocycles. The third-order valence-corrected chi connectivity index (χ3v) is 3.50. The highest BCUT2D eigenvalue weighted by Gasteiger charge is 2.26. The summed E-state index contributed by atoms with van der Waals surface area (Å²) in [5.74, 6) is 0.340. The average Bonchev–Trinajstić information content (AvgIpc) is 2.83. The topological polar surface area (TPSA) is 71.0 Å². The summed E-state index contributed by atoms with van der Waals surface area (Å²) in [4.78, 5) is 0. The van der Waals surface area contributed by atoms with E-state index in [0.717, 1.165) is 19.3 Å². The Hall–Kier alpha value is -0.200. The van der Waals surface area contributed by atoms with Crippen molar-refractivity contribution in [1.29, 1.82) is 0 Å². The summed E-state index contributed by atoms with van der Waals surface area (Å²) in [5, 5.41) is 22.3. The normalized spacial score (nSPS) is 25.1. The molecule has 5 nitrogen and oxygen atoms in total. The summed E-state index contributed by atoms with van der Waals surface area (Å²) in [7, 11) is 0. The van der Waals surface area contributed by atoms with Gasteiger partial charge in [0.1, 0.15) is 0 Å². The van der Waals surface area contributed by atoms with Crippen molar-refractivity contribution < 1.29 is 19.7 Å². The molecule has 0 saturated heterocycles. The molecule has 114 valence electrons. The lowest BCUT2D eigenvalue weighted by Crippen LogP contribution is -2.40. The third-order valence-electron chi connectivity index (χ3n) is 3.50. The Morgan fingerprint density at radius 2 is 2.05 bits per heavy atom. The summed E-state index contributed by atoms with van der Waals surface area (Å²) >= 11 is 0. The number of rotatable bonds is 10. The molecule has 0 spiro atoms. The van der Waals surface area contributed by atoms with Gasteiger partial charge in [0, 0.05) is 19.2 Å². The zero-order valence-corrected chi connectivity index (χ0v) is 12.2. The molecule has 5 heteroatoms. The fraction of sp³-hybridized carbons (Fsp3) is 1.00. The molecule has 1 rings (SSSR count). The maximum Gasteiger partial charge on any atom is 0.0897 e. The third kappa shape index (κ3) is 7.22. The molecule has 0 bridgehead atoms. The highest BCUT2D eigenvalue weighted by Crippen LogP contribution is 2.24. The Kier molecular flexibility index (Phi) is 8.57. The largest absolute Gasteiger partial charge is 0.396 e. The average molecular weight is 275 g/mol. The van der Waals surface area contributed by atoms with Gasteiger partial charge in [-0.15, -0.1) is 0 Å². The van der Waals surface area contributed by atoms with Crippen molar-refractivity contribution in [2.45, 2.75) is 51.4 Å². The number of aliphatic hydroxyl groups is 2. The summed E-state index contributed by atoms with van der Waals surface area (Å²) in [5.41, 5.74) is 0. The first kappa shape index (κ1) is 16.9. The van der Waals surface area contributed by atoms with Crippen molar-refractivity contribution in [2.24, 2.45) is 5.92 Å². The Balaban J connectivity index is 2.00. The van der Waals surface area contributed by atoms with Crippen molar-refractivity contribution in [2.75, 3.05) is 33.0 Å². The van der Waals surface area contributed by atoms with E-state index in [1.807, 2.05) is 13.8 Å². The van der Waals surface area contributed by atoms with Gasteiger partial charge in [-0.2, -0.15) is 0 Å². The van der Waals surface area contributed by atoms with Gasteiger partial charge in [-0.3, -0.25) is 0 Å². The molecule has 19 heavy (non-hydrogen) atoms. The number of hydrogen-bond acceptors (Lipinski definition) is 5. The Bertz CT molecular complexity index is 225. The SMILES string of the molecule is CC(C)OCCOCC(O)CNC1CCCC1CO. The van der Waals surface area contributed by atoms with Crippen LogP contribution < -0.4 is 5.32 Å². The van der Waals surface area contributed by atoms with Gasteiger partial charge in [0.2, 0.25) is 0 Å².